The molecule has 1 amide bonds. The average Bonchev–Trinajstić information content (AvgIpc) is 3.21. The quantitative estimate of drug-likeness (QED) is 0.374. The number of nitrogens with one attached hydrogen (secondary N) is 1. The monoisotopic (exact) mass is 477 g/mol. The van der Waals surface area contributed by atoms with Gasteiger partial charge in [0.2, 0.25) is 11.7 Å². The van der Waals surface area contributed by atoms with Gasteiger partial charge in [-0.3, -0.25) is 18.6 Å². The van der Waals surface area contributed by atoms with E-state index in [0.717, 1.165) is 17.6 Å². The zero-order valence-corrected chi connectivity index (χ0v) is 21.1. The summed E-state index contributed by atoms with van der Waals surface area (Å²) in [5, 5.41) is 12.8. The van der Waals surface area contributed by atoms with Gasteiger partial charge in [0.05, 0.1) is 16.7 Å². The largest absolute Gasteiger partial charge is 0.325 e. The fourth-order valence-corrected chi connectivity index (χ4v) is 4.54. The van der Waals surface area contributed by atoms with E-state index < -0.39 is 0 Å². The van der Waals surface area contributed by atoms with Gasteiger partial charge in [0, 0.05) is 12.2 Å². The number of benzene rings is 2. The molecular weight excluding hydrogens is 446 g/mol. The zero-order chi connectivity index (χ0) is 24.5. The van der Waals surface area contributed by atoms with Crippen LogP contribution in [-0.2, 0) is 16.8 Å². The Balaban J connectivity index is 1.58. The number of hydrogen-bond acceptors (Lipinski definition) is 5. The summed E-state index contributed by atoms with van der Waals surface area (Å²) in [5.74, 6) is 1.02. The third-order valence-electron chi connectivity index (χ3n) is 5.78. The molecule has 0 aliphatic heterocycles. The molecule has 0 bridgehead atoms. The molecule has 4 rings (SSSR count). The van der Waals surface area contributed by atoms with Crippen molar-refractivity contribution in [2.75, 3.05) is 11.1 Å². The van der Waals surface area contributed by atoms with Gasteiger partial charge in [0.25, 0.3) is 5.56 Å². The number of thioether (sulfide) groups is 1. The second kappa shape index (κ2) is 9.62. The van der Waals surface area contributed by atoms with Crippen molar-refractivity contribution in [2.45, 2.75) is 58.2 Å². The van der Waals surface area contributed by atoms with E-state index in [1.807, 2.05) is 52.9 Å². The highest BCUT2D eigenvalue weighted by molar-refractivity contribution is 7.99. The van der Waals surface area contributed by atoms with E-state index in [1.165, 1.54) is 17.3 Å². The number of carbonyl (C=O) groups is 1. The molecule has 1 N–H and O–H groups in total. The summed E-state index contributed by atoms with van der Waals surface area (Å²) in [7, 11) is 0. The van der Waals surface area contributed by atoms with Crippen LogP contribution in [0.1, 0.15) is 46.6 Å². The maximum atomic E-state index is 13.1. The number of rotatable bonds is 7. The second-order valence-corrected chi connectivity index (χ2v) is 10.9. The molecule has 8 heteroatoms. The van der Waals surface area contributed by atoms with Crippen LogP contribution in [0.5, 0.6) is 0 Å². The molecule has 0 fully saturated rings. The lowest BCUT2D eigenvalue weighted by molar-refractivity contribution is -0.113. The minimum Gasteiger partial charge on any atom is -0.325 e. The Morgan fingerprint density at radius 3 is 2.44 bits per heavy atom. The lowest BCUT2D eigenvalue weighted by atomic mass is 9.87. The standard InChI is InChI=1S/C26H31N5O2S/c1-17(2)14-15-30-23(33)20-8-6-7-9-21(20)31-24(30)28-29-25(31)34-16-22(32)27-19-12-10-18(11-13-19)26(3,4)5/h6-13,17H,14-16H2,1-5H3,(H,27,32). The van der Waals surface area contributed by atoms with E-state index >= 15 is 0 Å². The molecule has 2 heterocycles. The molecule has 178 valence electrons. The number of anilines is 1. The zero-order valence-electron chi connectivity index (χ0n) is 20.3. The Morgan fingerprint density at radius 2 is 1.76 bits per heavy atom. The van der Waals surface area contributed by atoms with Crippen molar-refractivity contribution in [3.05, 3.63) is 64.4 Å². The van der Waals surface area contributed by atoms with Gasteiger partial charge in [-0.1, -0.05) is 70.6 Å². The molecule has 0 saturated heterocycles. The highest BCUT2D eigenvalue weighted by atomic mass is 32.2. The average molecular weight is 478 g/mol. The van der Waals surface area contributed by atoms with Crippen LogP contribution in [0.3, 0.4) is 0 Å². The predicted molar refractivity (Wildman–Crippen MR) is 139 cm³/mol. The summed E-state index contributed by atoms with van der Waals surface area (Å²) >= 11 is 1.31. The van der Waals surface area contributed by atoms with Crippen molar-refractivity contribution < 1.29 is 4.79 Å². The van der Waals surface area contributed by atoms with E-state index in [2.05, 4.69) is 50.1 Å². The van der Waals surface area contributed by atoms with Crippen LogP contribution in [-0.4, -0.2) is 30.8 Å². The maximum Gasteiger partial charge on any atom is 0.262 e. The number of carbonyl (C=O) groups excluding carboxylic acids is 1. The fraction of sp³-hybridized carbons (Fsp3) is 0.385. The summed E-state index contributed by atoms with van der Waals surface area (Å²) in [6.07, 6.45) is 0.861. The minimum atomic E-state index is -0.123. The van der Waals surface area contributed by atoms with Crippen LogP contribution in [0.25, 0.3) is 16.7 Å². The van der Waals surface area contributed by atoms with Gasteiger partial charge in [-0.15, -0.1) is 10.2 Å². The normalized spacial score (nSPS) is 12.1. The molecular formula is C26H31N5O2S. The lowest BCUT2D eigenvalue weighted by Gasteiger charge is -2.19. The topological polar surface area (TPSA) is 81.3 Å². The molecule has 0 radical (unpaired) electrons. The van der Waals surface area contributed by atoms with Crippen molar-refractivity contribution in [1.29, 1.82) is 0 Å². The Hall–Kier alpha value is -3.13. The Kier molecular flexibility index (Phi) is 6.79. The number of aromatic nitrogens is 4. The Bertz CT molecular complexity index is 1380. The number of hydrogen-bond donors (Lipinski definition) is 1. The number of aryl methyl sites for hydroxylation is 1. The van der Waals surface area contributed by atoms with Crippen molar-refractivity contribution in [3.63, 3.8) is 0 Å². The van der Waals surface area contributed by atoms with Crippen molar-refractivity contribution in [3.8, 4) is 0 Å². The summed E-state index contributed by atoms with van der Waals surface area (Å²) in [6, 6.07) is 15.4. The Morgan fingerprint density at radius 1 is 1.06 bits per heavy atom. The van der Waals surface area contributed by atoms with E-state index in [4.69, 9.17) is 0 Å². The molecule has 2 aromatic heterocycles. The molecule has 0 aliphatic rings. The molecule has 0 saturated carbocycles. The molecule has 0 atom stereocenters. The molecule has 34 heavy (non-hydrogen) atoms. The number of fused-ring (bicyclic) bond motifs is 3. The van der Waals surface area contributed by atoms with Crippen LogP contribution >= 0.6 is 11.8 Å². The summed E-state index contributed by atoms with van der Waals surface area (Å²) in [4.78, 5) is 25.8. The van der Waals surface area contributed by atoms with Crippen LogP contribution in [0.2, 0.25) is 0 Å². The van der Waals surface area contributed by atoms with Gasteiger partial charge in [0.1, 0.15) is 0 Å². The van der Waals surface area contributed by atoms with Crippen LogP contribution in [0.15, 0.2) is 58.5 Å². The van der Waals surface area contributed by atoms with Gasteiger partial charge in [-0.2, -0.15) is 0 Å². The smallest absolute Gasteiger partial charge is 0.262 e. The van der Waals surface area contributed by atoms with Crippen LogP contribution in [0.4, 0.5) is 5.69 Å². The lowest BCUT2D eigenvalue weighted by Crippen LogP contribution is -2.24. The van der Waals surface area contributed by atoms with Crippen LogP contribution < -0.4 is 10.9 Å². The first-order chi connectivity index (χ1) is 16.1. The summed E-state index contributed by atoms with van der Waals surface area (Å²) in [6.45, 7) is 11.3. The first kappa shape index (κ1) is 24.0. The maximum absolute atomic E-state index is 13.1. The first-order valence-corrected chi connectivity index (χ1v) is 12.5. The van der Waals surface area contributed by atoms with E-state index in [0.29, 0.717) is 28.8 Å². The van der Waals surface area contributed by atoms with E-state index in [1.54, 1.807) is 4.57 Å². The summed E-state index contributed by atoms with van der Waals surface area (Å²) in [5.41, 5.74) is 2.72. The van der Waals surface area contributed by atoms with E-state index in [9.17, 15) is 9.59 Å². The van der Waals surface area contributed by atoms with Crippen LogP contribution in [0, 0.1) is 5.92 Å². The van der Waals surface area contributed by atoms with Crippen molar-refractivity contribution in [1.82, 2.24) is 19.2 Å². The molecule has 0 aliphatic carbocycles. The van der Waals surface area contributed by atoms with Gasteiger partial charge in [-0.05, 0) is 47.6 Å². The van der Waals surface area contributed by atoms with Gasteiger partial charge in [-0.25, -0.2) is 0 Å². The third-order valence-corrected chi connectivity index (χ3v) is 6.70. The highest BCUT2D eigenvalue weighted by Crippen LogP contribution is 2.25. The second-order valence-electron chi connectivity index (χ2n) is 9.94. The van der Waals surface area contributed by atoms with Gasteiger partial charge >= 0.3 is 0 Å². The SMILES string of the molecule is CC(C)CCn1c(=O)c2ccccc2n2c(SCC(=O)Nc3ccc(C(C)(C)C)cc3)nnc12. The molecule has 4 aromatic rings. The molecule has 0 unspecified atom stereocenters. The number of amides is 1. The molecule has 0 spiro atoms. The molecule has 7 nitrogen and oxygen atoms in total. The summed E-state index contributed by atoms with van der Waals surface area (Å²) < 4.78 is 3.57. The first-order valence-electron chi connectivity index (χ1n) is 11.5. The highest BCUT2D eigenvalue weighted by Gasteiger charge is 2.18. The van der Waals surface area contributed by atoms with Gasteiger partial charge < -0.3 is 5.32 Å². The van der Waals surface area contributed by atoms with Crippen molar-refractivity contribution >= 4 is 40.0 Å². The molecule has 2 aromatic carbocycles. The predicted octanol–water partition coefficient (Wildman–Crippen LogP) is 5.12. The number of para-hydroxylation sites is 1. The van der Waals surface area contributed by atoms with E-state index in [-0.39, 0.29) is 22.6 Å². The third kappa shape index (κ3) is 5.01. The van der Waals surface area contributed by atoms with Gasteiger partial charge in [0.15, 0.2) is 5.16 Å². The fourth-order valence-electron chi connectivity index (χ4n) is 3.80. The number of nitrogens with zero attached hydrogens (tertiary/aromatic N) is 4. The Labute approximate surface area is 203 Å². The van der Waals surface area contributed by atoms with Crippen molar-refractivity contribution in [2.24, 2.45) is 5.92 Å². The minimum absolute atomic E-state index is 0.0614.